The van der Waals surface area contributed by atoms with Crippen LogP contribution in [0.15, 0.2) is 0 Å². The molecule has 0 radical (unpaired) electrons. The van der Waals surface area contributed by atoms with Gasteiger partial charge >= 0.3 is 6.03 Å². The predicted molar refractivity (Wildman–Crippen MR) is 86.8 cm³/mol. The highest BCUT2D eigenvalue weighted by Gasteiger charge is 2.34. The third-order valence-corrected chi connectivity index (χ3v) is 5.58. The number of hydrogen-bond acceptors (Lipinski definition) is 3. The van der Waals surface area contributed by atoms with Gasteiger partial charge in [-0.2, -0.15) is 0 Å². The van der Waals surface area contributed by atoms with Gasteiger partial charge in [0, 0.05) is 38.8 Å². The van der Waals surface area contributed by atoms with Crippen LogP contribution in [0.5, 0.6) is 0 Å². The summed E-state index contributed by atoms with van der Waals surface area (Å²) >= 11 is 0. The van der Waals surface area contributed by atoms with E-state index in [-0.39, 0.29) is 30.0 Å². The molecule has 0 spiro atoms. The van der Waals surface area contributed by atoms with Crippen LogP contribution in [0.25, 0.3) is 0 Å². The van der Waals surface area contributed by atoms with Crippen LogP contribution in [0.4, 0.5) is 4.79 Å². The Morgan fingerprint density at radius 1 is 1.23 bits per heavy atom. The molecule has 5 heteroatoms. The van der Waals surface area contributed by atoms with Gasteiger partial charge in [0.2, 0.25) is 0 Å². The molecule has 5 nitrogen and oxygen atoms in total. The molecule has 2 amide bonds. The highest BCUT2D eigenvalue weighted by Crippen LogP contribution is 2.40. The Morgan fingerprint density at radius 2 is 1.95 bits per heavy atom. The van der Waals surface area contributed by atoms with E-state index in [0.717, 1.165) is 45.3 Å². The van der Waals surface area contributed by atoms with Crippen LogP contribution < -0.4 is 10.6 Å². The summed E-state index contributed by atoms with van der Waals surface area (Å²) in [5.41, 5.74) is 0.219. The van der Waals surface area contributed by atoms with Gasteiger partial charge in [0.15, 0.2) is 0 Å². The Labute approximate surface area is 134 Å². The van der Waals surface area contributed by atoms with Crippen molar-refractivity contribution in [3.05, 3.63) is 0 Å². The van der Waals surface area contributed by atoms with Gasteiger partial charge in [0.25, 0.3) is 0 Å². The van der Waals surface area contributed by atoms with Crippen LogP contribution in [0.3, 0.4) is 0 Å². The number of nitrogens with one attached hydrogen (secondary N) is 2. The van der Waals surface area contributed by atoms with Gasteiger partial charge in [-0.3, -0.25) is 0 Å². The first-order chi connectivity index (χ1) is 10.7. The lowest BCUT2D eigenvalue weighted by Gasteiger charge is -2.32. The van der Waals surface area contributed by atoms with Crippen molar-refractivity contribution in [3.8, 4) is 0 Å². The maximum absolute atomic E-state index is 12.2. The summed E-state index contributed by atoms with van der Waals surface area (Å²) in [7, 11) is 1.74. The molecule has 0 aliphatic heterocycles. The molecule has 2 fully saturated rings. The van der Waals surface area contributed by atoms with E-state index in [1.165, 1.54) is 25.7 Å². The first kappa shape index (κ1) is 17.5. The summed E-state index contributed by atoms with van der Waals surface area (Å²) in [4.78, 5) is 12.2. The number of urea groups is 1. The zero-order chi connectivity index (χ0) is 15.8. The number of rotatable bonds is 7. The summed E-state index contributed by atoms with van der Waals surface area (Å²) < 4.78 is 5.23. The van der Waals surface area contributed by atoms with E-state index in [1.54, 1.807) is 7.11 Å². The molecule has 2 unspecified atom stereocenters. The number of carbonyl (C=O) groups is 1. The molecule has 22 heavy (non-hydrogen) atoms. The highest BCUT2D eigenvalue weighted by molar-refractivity contribution is 5.74. The molecule has 128 valence electrons. The first-order valence-corrected chi connectivity index (χ1v) is 8.83. The summed E-state index contributed by atoms with van der Waals surface area (Å²) in [6, 6.07) is 0.0475. The van der Waals surface area contributed by atoms with Gasteiger partial charge in [-0.1, -0.05) is 25.7 Å². The normalized spacial score (nSPS) is 27.5. The van der Waals surface area contributed by atoms with Crippen LogP contribution >= 0.6 is 0 Å². The van der Waals surface area contributed by atoms with Crippen LogP contribution in [-0.2, 0) is 4.74 Å². The van der Waals surface area contributed by atoms with Crippen molar-refractivity contribution >= 4 is 6.03 Å². The van der Waals surface area contributed by atoms with Crippen molar-refractivity contribution in [1.29, 1.82) is 0 Å². The molecule has 0 saturated heterocycles. The quantitative estimate of drug-likeness (QED) is 0.676. The number of methoxy groups -OCH3 is 1. The molecular weight excluding hydrogens is 280 g/mol. The number of carbonyl (C=O) groups excluding carboxylic acids is 1. The molecule has 2 rings (SSSR count). The fraction of sp³-hybridized carbons (Fsp3) is 0.941. The third-order valence-electron chi connectivity index (χ3n) is 5.58. The monoisotopic (exact) mass is 312 g/mol. The lowest BCUT2D eigenvalue weighted by molar-refractivity contribution is 0.133. The van der Waals surface area contributed by atoms with E-state index >= 15 is 0 Å². The van der Waals surface area contributed by atoms with Crippen molar-refractivity contribution in [2.45, 2.75) is 63.8 Å². The molecule has 0 heterocycles. The standard InChI is InChI=1S/C17H32N2O3/c1-22-11-10-17(8-4-5-9-17)13-18-16(21)19-15-7-3-2-6-14(15)12-20/h14-15,20H,2-13H2,1H3,(H2,18,19,21). The molecular formula is C17H32N2O3. The molecule has 2 atom stereocenters. The molecule has 0 aromatic rings. The summed E-state index contributed by atoms with van der Waals surface area (Å²) in [5.74, 6) is 0.216. The Hall–Kier alpha value is -0.810. The lowest BCUT2D eigenvalue weighted by atomic mass is 9.83. The van der Waals surface area contributed by atoms with Crippen molar-refractivity contribution < 1.29 is 14.6 Å². The summed E-state index contributed by atoms with van der Waals surface area (Å²) in [5, 5.41) is 15.6. The van der Waals surface area contributed by atoms with Gasteiger partial charge in [-0.25, -0.2) is 4.79 Å². The van der Waals surface area contributed by atoms with Crippen LogP contribution in [-0.4, -0.2) is 44.0 Å². The smallest absolute Gasteiger partial charge is 0.315 e. The molecule has 0 aromatic carbocycles. The minimum atomic E-state index is -0.0750. The Balaban J connectivity index is 1.78. The average molecular weight is 312 g/mol. The number of amides is 2. The molecule has 0 aromatic heterocycles. The number of aliphatic hydroxyl groups is 1. The van der Waals surface area contributed by atoms with Crippen LogP contribution in [0.2, 0.25) is 0 Å². The molecule has 2 saturated carbocycles. The van der Waals surface area contributed by atoms with E-state index in [2.05, 4.69) is 10.6 Å². The van der Waals surface area contributed by atoms with Gasteiger partial charge in [-0.05, 0) is 37.5 Å². The second-order valence-corrected chi connectivity index (χ2v) is 7.11. The lowest BCUT2D eigenvalue weighted by Crippen LogP contribution is -2.49. The van der Waals surface area contributed by atoms with E-state index in [4.69, 9.17) is 4.74 Å². The van der Waals surface area contributed by atoms with Crippen molar-refractivity contribution in [3.63, 3.8) is 0 Å². The Morgan fingerprint density at radius 3 is 2.64 bits per heavy atom. The summed E-state index contributed by atoms with van der Waals surface area (Å²) in [6.45, 7) is 1.67. The largest absolute Gasteiger partial charge is 0.396 e. The molecule has 3 N–H and O–H groups in total. The van der Waals surface area contributed by atoms with E-state index in [0.29, 0.717) is 0 Å². The maximum Gasteiger partial charge on any atom is 0.315 e. The van der Waals surface area contributed by atoms with E-state index in [9.17, 15) is 9.90 Å². The van der Waals surface area contributed by atoms with E-state index < -0.39 is 0 Å². The Bertz CT molecular complexity index is 343. The maximum atomic E-state index is 12.2. The zero-order valence-corrected chi connectivity index (χ0v) is 13.9. The first-order valence-electron chi connectivity index (χ1n) is 8.83. The zero-order valence-electron chi connectivity index (χ0n) is 13.9. The molecule has 2 aliphatic carbocycles. The predicted octanol–water partition coefficient (Wildman–Crippen LogP) is 2.43. The average Bonchev–Trinajstić information content (AvgIpc) is 3.01. The van der Waals surface area contributed by atoms with Gasteiger partial charge in [-0.15, -0.1) is 0 Å². The topological polar surface area (TPSA) is 70.6 Å². The highest BCUT2D eigenvalue weighted by atomic mass is 16.5. The fourth-order valence-corrected chi connectivity index (χ4v) is 4.06. The minimum Gasteiger partial charge on any atom is -0.396 e. The minimum absolute atomic E-state index is 0.0750. The van der Waals surface area contributed by atoms with Gasteiger partial charge in [0.05, 0.1) is 0 Å². The number of ether oxygens (including phenoxy) is 1. The van der Waals surface area contributed by atoms with Crippen molar-refractivity contribution in [1.82, 2.24) is 10.6 Å². The van der Waals surface area contributed by atoms with Crippen LogP contribution in [0, 0.1) is 11.3 Å². The molecule has 0 bridgehead atoms. The van der Waals surface area contributed by atoms with Gasteiger partial charge < -0.3 is 20.5 Å². The van der Waals surface area contributed by atoms with E-state index in [1.807, 2.05) is 0 Å². The van der Waals surface area contributed by atoms with Crippen molar-refractivity contribution in [2.75, 3.05) is 26.9 Å². The Kier molecular flexibility index (Phi) is 6.96. The summed E-state index contributed by atoms with van der Waals surface area (Å²) in [6.07, 6.45) is 10.2. The van der Waals surface area contributed by atoms with Crippen molar-refractivity contribution in [2.24, 2.45) is 11.3 Å². The fourth-order valence-electron chi connectivity index (χ4n) is 4.06. The SMILES string of the molecule is COCCC1(CNC(=O)NC2CCCCC2CO)CCCC1. The second kappa shape index (κ2) is 8.73. The van der Waals surface area contributed by atoms with Gasteiger partial charge in [0.1, 0.15) is 0 Å². The number of aliphatic hydroxyl groups excluding tert-OH is 1. The third kappa shape index (κ3) is 4.85. The number of hydrogen-bond donors (Lipinski definition) is 3. The second-order valence-electron chi connectivity index (χ2n) is 7.11. The van der Waals surface area contributed by atoms with Crippen LogP contribution in [0.1, 0.15) is 57.8 Å². The molecule has 2 aliphatic rings.